The Bertz CT molecular complexity index is 1150. The first-order chi connectivity index (χ1) is 15.9. The number of thioether (sulfide) groups is 1. The third kappa shape index (κ3) is 4.71. The second-order valence-electron chi connectivity index (χ2n) is 7.43. The van der Waals surface area contributed by atoms with Crippen molar-refractivity contribution in [3.63, 3.8) is 0 Å². The summed E-state index contributed by atoms with van der Waals surface area (Å²) >= 11 is 0.765. The molecule has 0 radical (unpaired) electrons. The van der Waals surface area contributed by atoms with E-state index >= 15 is 0 Å². The summed E-state index contributed by atoms with van der Waals surface area (Å²) < 4.78 is 15.9. The van der Waals surface area contributed by atoms with Crippen molar-refractivity contribution in [2.45, 2.75) is 6.92 Å². The van der Waals surface area contributed by atoms with Gasteiger partial charge < -0.3 is 18.8 Å². The van der Waals surface area contributed by atoms with E-state index in [-0.39, 0.29) is 17.4 Å². The van der Waals surface area contributed by atoms with Gasteiger partial charge in [-0.05, 0) is 42.4 Å². The van der Waals surface area contributed by atoms with Crippen molar-refractivity contribution >= 4 is 40.9 Å². The van der Waals surface area contributed by atoms with Gasteiger partial charge >= 0.3 is 5.97 Å². The first-order valence-corrected chi connectivity index (χ1v) is 11.1. The van der Waals surface area contributed by atoms with E-state index in [2.05, 4.69) is 0 Å². The number of carbonyl (C=O) groups excluding carboxylic acids is 4. The highest BCUT2D eigenvalue weighted by Crippen LogP contribution is 2.34. The maximum atomic E-state index is 12.7. The number of furan rings is 1. The Morgan fingerprint density at radius 1 is 1.15 bits per heavy atom. The summed E-state index contributed by atoms with van der Waals surface area (Å²) in [6, 6.07) is 8.61. The maximum absolute atomic E-state index is 12.7. The lowest BCUT2D eigenvalue weighted by Gasteiger charge is -2.27. The Morgan fingerprint density at radius 2 is 1.91 bits per heavy atom. The van der Waals surface area contributed by atoms with Crippen LogP contribution < -0.4 is 0 Å². The Balaban J connectivity index is 1.50. The molecule has 2 saturated heterocycles. The summed E-state index contributed by atoms with van der Waals surface area (Å²) in [6.07, 6.45) is 1.48. The molecule has 2 fully saturated rings. The number of amides is 3. The zero-order valence-electron chi connectivity index (χ0n) is 18.2. The minimum atomic E-state index is -0.534. The van der Waals surface area contributed by atoms with Gasteiger partial charge in [-0.15, -0.1) is 0 Å². The predicted molar refractivity (Wildman–Crippen MR) is 120 cm³/mol. The number of nitrogens with zero attached hydrogens (tertiary/aromatic N) is 2. The van der Waals surface area contributed by atoms with Crippen LogP contribution in [0, 0.1) is 6.92 Å². The number of morpholine rings is 1. The molecule has 0 N–H and O–H groups in total. The predicted octanol–water partition coefficient (Wildman–Crippen LogP) is 2.94. The second-order valence-corrected chi connectivity index (χ2v) is 8.43. The molecule has 1 aromatic carbocycles. The van der Waals surface area contributed by atoms with Crippen LogP contribution in [0.25, 0.3) is 17.4 Å². The SMILES string of the molecule is COC(=O)c1cccc(-c2ccc(/C=C3/SC(=O)N(CC(=O)N4CCOCC4)C3=O)o2)c1C. The zero-order valence-corrected chi connectivity index (χ0v) is 19.0. The Kier molecular flexibility index (Phi) is 6.66. The topological polar surface area (TPSA) is 106 Å². The van der Waals surface area contributed by atoms with Crippen LogP contribution in [0.4, 0.5) is 4.79 Å². The van der Waals surface area contributed by atoms with Gasteiger partial charge in [0.05, 0.1) is 30.8 Å². The molecule has 172 valence electrons. The Labute approximate surface area is 194 Å². The fourth-order valence-corrected chi connectivity index (χ4v) is 4.44. The molecule has 3 heterocycles. The highest BCUT2D eigenvalue weighted by atomic mass is 32.2. The van der Waals surface area contributed by atoms with Gasteiger partial charge in [-0.3, -0.25) is 19.3 Å². The number of hydrogen-bond acceptors (Lipinski definition) is 8. The van der Waals surface area contributed by atoms with Crippen LogP contribution in [0.1, 0.15) is 21.7 Å². The van der Waals surface area contributed by atoms with Crippen LogP contribution in [-0.4, -0.2) is 72.8 Å². The van der Waals surface area contributed by atoms with Crippen molar-refractivity contribution < 1.29 is 33.1 Å². The zero-order chi connectivity index (χ0) is 23.5. The van der Waals surface area contributed by atoms with Crippen molar-refractivity contribution in [3.05, 3.63) is 52.1 Å². The molecule has 33 heavy (non-hydrogen) atoms. The third-order valence-corrected chi connectivity index (χ3v) is 6.34. The van der Waals surface area contributed by atoms with Crippen LogP contribution in [0.3, 0.4) is 0 Å². The van der Waals surface area contributed by atoms with Crippen LogP contribution in [0.5, 0.6) is 0 Å². The normalized spacial score (nSPS) is 17.7. The van der Waals surface area contributed by atoms with Gasteiger partial charge in [0.1, 0.15) is 18.1 Å². The van der Waals surface area contributed by atoms with E-state index < -0.39 is 17.1 Å². The monoisotopic (exact) mass is 470 g/mol. The summed E-state index contributed by atoms with van der Waals surface area (Å²) in [7, 11) is 1.32. The summed E-state index contributed by atoms with van der Waals surface area (Å²) in [5, 5.41) is -0.499. The van der Waals surface area contributed by atoms with Gasteiger partial charge in [-0.2, -0.15) is 0 Å². The molecule has 0 atom stereocenters. The van der Waals surface area contributed by atoms with Crippen LogP contribution in [0.15, 0.2) is 39.7 Å². The standard InChI is InChI=1S/C23H22N2O7S/c1-14-16(4-3-5-17(14)22(28)30-2)18-7-6-15(32-18)12-19-21(27)25(23(29)33-19)13-20(26)24-8-10-31-11-9-24/h3-7,12H,8-11,13H2,1-2H3/b19-12+. The molecule has 0 saturated carbocycles. The van der Waals surface area contributed by atoms with Crippen molar-refractivity contribution in [1.29, 1.82) is 0 Å². The summed E-state index contributed by atoms with van der Waals surface area (Å²) in [4.78, 5) is 52.2. The lowest BCUT2D eigenvalue weighted by molar-refractivity contribution is -0.139. The van der Waals surface area contributed by atoms with E-state index in [1.54, 1.807) is 36.1 Å². The van der Waals surface area contributed by atoms with Crippen molar-refractivity contribution in [2.24, 2.45) is 0 Å². The number of benzene rings is 1. The molecule has 2 aromatic rings. The van der Waals surface area contributed by atoms with Gasteiger partial charge in [0, 0.05) is 24.7 Å². The molecule has 0 aliphatic carbocycles. The summed E-state index contributed by atoms with van der Waals surface area (Å²) in [5.74, 6) is -0.387. The highest BCUT2D eigenvalue weighted by molar-refractivity contribution is 8.18. The van der Waals surface area contributed by atoms with E-state index in [0.717, 1.165) is 16.7 Å². The van der Waals surface area contributed by atoms with Crippen LogP contribution >= 0.6 is 11.8 Å². The molecule has 4 rings (SSSR count). The highest BCUT2D eigenvalue weighted by Gasteiger charge is 2.37. The van der Waals surface area contributed by atoms with Crippen molar-refractivity contribution in [1.82, 2.24) is 9.80 Å². The number of methoxy groups -OCH3 is 1. The molecule has 1 aromatic heterocycles. The second kappa shape index (κ2) is 9.63. The lowest BCUT2D eigenvalue weighted by Crippen LogP contribution is -2.46. The van der Waals surface area contributed by atoms with Crippen molar-refractivity contribution in [3.8, 4) is 11.3 Å². The smallest absolute Gasteiger partial charge is 0.338 e. The fraction of sp³-hybridized carbons (Fsp3) is 0.304. The molecule has 2 aliphatic rings. The number of ether oxygens (including phenoxy) is 2. The third-order valence-electron chi connectivity index (χ3n) is 5.44. The Morgan fingerprint density at radius 3 is 2.64 bits per heavy atom. The molecule has 2 aliphatic heterocycles. The number of carbonyl (C=O) groups is 4. The first-order valence-electron chi connectivity index (χ1n) is 10.3. The van der Waals surface area contributed by atoms with E-state index in [9.17, 15) is 19.2 Å². The molecular weight excluding hydrogens is 448 g/mol. The van der Waals surface area contributed by atoms with Gasteiger partial charge in [-0.1, -0.05) is 12.1 Å². The van der Waals surface area contributed by atoms with Crippen molar-refractivity contribution in [2.75, 3.05) is 40.0 Å². The van der Waals surface area contributed by atoms with Gasteiger partial charge in [0.2, 0.25) is 5.91 Å². The number of hydrogen-bond donors (Lipinski definition) is 0. The molecule has 9 nitrogen and oxygen atoms in total. The van der Waals surface area contributed by atoms with E-state index in [0.29, 0.717) is 54.5 Å². The van der Waals surface area contributed by atoms with Gasteiger partial charge in [-0.25, -0.2) is 4.79 Å². The number of esters is 1. The van der Waals surface area contributed by atoms with E-state index in [1.165, 1.54) is 13.2 Å². The average Bonchev–Trinajstić information content (AvgIpc) is 3.39. The fourth-order valence-electron chi connectivity index (χ4n) is 3.62. The largest absolute Gasteiger partial charge is 0.465 e. The molecule has 0 bridgehead atoms. The number of rotatable bonds is 5. The van der Waals surface area contributed by atoms with E-state index in [4.69, 9.17) is 13.9 Å². The van der Waals surface area contributed by atoms with E-state index in [1.807, 2.05) is 6.07 Å². The molecule has 0 unspecified atom stereocenters. The lowest BCUT2D eigenvalue weighted by atomic mass is 10.0. The Hall–Kier alpha value is -3.37. The maximum Gasteiger partial charge on any atom is 0.338 e. The molecular formula is C23H22N2O7S. The minimum absolute atomic E-state index is 0.177. The molecule has 10 heteroatoms. The molecule has 3 amide bonds. The summed E-state index contributed by atoms with van der Waals surface area (Å²) in [6.45, 7) is 3.26. The van der Waals surface area contributed by atoms with Gasteiger partial charge in [0.15, 0.2) is 0 Å². The minimum Gasteiger partial charge on any atom is -0.465 e. The number of imide groups is 1. The summed E-state index contributed by atoms with van der Waals surface area (Å²) in [5.41, 5.74) is 1.84. The quantitative estimate of drug-likeness (QED) is 0.485. The molecule has 0 spiro atoms. The first kappa shape index (κ1) is 22.8. The van der Waals surface area contributed by atoms with Gasteiger partial charge in [0.25, 0.3) is 11.1 Å². The van der Waals surface area contributed by atoms with Crippen LogP contribution in [-0.2, 0) is 19.1 Å². The average molecular weight is 471 g/mol. The van der Waals surface area contributed by atoms with Crippen LogP contribution in [0.2, 0.25) is 0 Å².